The van der Waals surface area contributed by atoms with Gasteiger partial charge in [-0.2, -0.15) is 0 Å². The predicted molar refractivity (Wildman–Crippen MR) is 165 cm³/mol. The zero-order valence-electron chi connectivity index (χ0n) is 21.5. The maximum absolute atomic E-state index is 12.6. The Hall–Kier alpha value is -5.62. The summed E-state index contributed by atoms with van der Waals surface area (Å²) in [5.74, 6) is 0. The Bertz CT molecular complexity index is 1680. The molecule has 6 aromatic rings. The van der Waals surface area contributed by atoms with Crippen molar-refractivity contribution in [1.82, 2.24) is 0 Å². The Morgan fingerprint density at radius 1 is 0.375 bits per heavy atom. The standard InChI is InChI=1S/C34H26N4O2/c39-33(37-31-13-5-9-25-7-1-3-11-29(25)31)35-27-19-15-23(16-20-27)24-17-21-28(22-18-24)36-34(40)38-32-14-6-10-26-8-2-4-12-30(26)32/h1-22H,(H2,35,37,39)(H2,36,38,40). The van der Waals surface area contributed by atoms with E-state index in [9.17, 15) is 9.59 Å². The van der Waals surface area contributed by atoms with Crippen LogP contribution in [0.15, 0.2) is 133 Å². The topological polar surface area (TPSA) is 82.3 Å². The number of fused-ring (bicyclic) bond motifs is 2. The molecular weight excluding hydrogens is 496 g/mol. The van der Waals surface area contributed by atoms with E-state index in [4.69, 9.17) is 0 Å². The lowest BCUT2D eigenvalue weighted by Crippen LogP contribution is -2.19. The SMILES string of the molecule is O=C(Nc1ccc(-c2ccc(NC(=O)Nc3cccc4ccccc34)cc2)cc1)Nc1cccc2ccccc12. The van der Waals surface area contributed by atoms with Gasteiger partial charge in [0.15, 0.2) is 0 Å². The molecule has 194 valence electrons. The first-order valence-electron chi connectivity index (χ1n) is 12.9. The quantitative estimate of drug-likeness (QED) is 0.182. The van der Waals surface area contributed by atoms with E-state index in [-0.39, 0.29) is 12.1 Å². The summed E-state index contributed by atoms with van der Waals surface area (Å²) in [6, 6.07) is 42.1. The maximum Gasteiger partial charge on any atom is 0.323 e. The van der Waals surface area contributed by atoms with Crippen LogP contribution >= 0.6 is 0 Å². The van der Waals surface area contributed by atoms with Crippen molar-refractivity contribution in [3.63, 3.8) is 0 Å². The van der Waals surface area contributed by atoms with E-state index in [0.717, 1.165) is 44.0 Å². The van der Waals surface area contributed by atoms with Gasteiger partial charge in [0.25, 0.3) is 0 Å². The van der Waals surface area contributed by atoms with Crippen molar-refractivity contribution in [2.45, 2.75) is 0 Å². The molecule has 40 heavy (non-hydrogen) atoms. The molecule has 0 unspecified atom stereocenters. The highest BCUT2D eigenvalue weighted by Gasteiger charge is 2.08. The summed E-state index contributed by atoms with van der Waals surface area (Å²) in [7, 11) is 0. The average Bonchev–Trinajstić information content (AvgIpc) is 2.98. The van der Waals surface area contributed by atoms with E-state index in [0.29, 0.717) is 11.4 Å². The first-order valence-corrected chi connectivity index (χ1v) is 12.9. The number of carbonyl (C=O) groups excluding carboxylic acids is 2. The number of urea groups is 2. The first-order chi connectivity index (χ1) is 19.6. The van der Waals surface area contributed by atoms with Gasteiger partial charge in [-0.05, 0) is 58.3 Å². The van der Waals surface area contributed by atoms with Gasteiger partial charge in [0, 0.05) is 22.1 Å². The average molecular weight is 523 g/mol. The van der Waals surface area contributed by atoms with Crippen molar-refractivity contribution in [1.29, 1.82) is 0 Å². The maximum atomic E-state index is 12.6. The number of nitrogens with one attached hydrogen (secondary N) is 4. The third-order valence-electron chi connectivity index (χ3n) is 6.69. The van der Waals surface area contributed by atoms with Crippen LogP contribution in [0.3, 0.4) is 0 Å². The lowest BCUT2D eigenvalue weighted by Gasteiger charge is -2.11. The van der Waals surface area contributed by atoms with Crippen LogP contribution in [0.1, 0.15) is 0 Å². The molecule has 0 spiro atoms. The minimum atomic E-state index is -0.304. The lowest BCUT2D eigenvalue weighted by molar-refractivity contribution is 0.261. The molecule has 6 aromatic carbocycles. The van der Waals surface area contributed by atoms with Crippen LogP contribution in [-0.4, -0.2) is 12.1 Å². The lowest BCUT2D eigenvalue weighted by atomic mass is 10.1. The van der Waals surface area contributed by atoms with E-state index < -0.39 is 0 Å². The number of carbonyl (C=O) groups is 2. The molecule has 0 aliphatic carbocycles. The van der Waals surface area contributed by atoms with E-state index in [1.165, 1.54) is 0 Å². The predicted octanol–water partition coefficient (Wildman–Crippen LogP) is 8.95. The summed E-state index contributed by atoms with van der Waals surface area (Å²) in [5, 5.41) is 15.8. The van der Waals surface area contributed by atoms with Crippen LogP contribution in [0.4, 0.5) is 32.3 Å². The van der Waals surface area contributed by atoms with Gasteiger partial charge in [-0.3, -0.25) is 0 Å². The molecule has 0 heterocycles. The zero-order valence-corrected chi connectivity index (χ0v) is 21.5. The van der Waals surface area contributed by atoms with Crippen molar-refractivity contribution in [3.05, 3.63) is 133 Å². The Morgan fingerprint density at radius 3 is 1.18 bits per heavy atom. The van der Waals surface area contributed by atoms with Crippen LogP contribution < -0.4 is 21.3 Å². The molecule has 0 saturated heterocycles. The van der Waals surface area contributed by atoms with Crippen molar-refractivity contribution in [2.24, 2.45) is 0 Å². The molecule has 0 fully saturated rings. The van der Waals surface area contributed by atoms with Gasteiger partial charge in [-0.15, -0.1) is 0 Å². The molecule has 0 aliphatic rings. The van der Waals surface area contributed by atoms with E-state index >= 15 is 0 Å². The Balaban J connectivity index is 1.07. The third kappa shape index (κ3) is 5.47. The number of amides is 4. The molecule has 6 rings (SSSR count). The second-order valence-corrected chi connectivity index (χ2v) is 9.37. The first kappa shape index (κ1) is 24.7. The second kappa shape index (κ2) is 11.0. The monoisotopic (exact) mass is 522 g/mol. The van der Waals surface area contributed by atoms with Crippen molar-refractivity contribution in [2.75, 3.05) is 21.3 Å². The number of hydrogen-bond donors (Lipinski definition) is 4. The molecule has 0 aliphatic heterocycles. The summed E-state index contributed by atoms with van der Waals surface area (Å²) in [5.41, 5.74) is 4.87. The van der Waals surface area contributed by atoms with Crippen LogP contribution in [0.25, 0.3) is 32.7 Å². The van der Waals surface area contributed by atoms with Gasteiger partial charge in [0.1, 0.15) is 0 Å². The fourth-order valence-electron chi connectivity index (χ4n) is 4.73. The molecule has 6 nitrogen and oxygen atoms in total. The van der Waals surface area contributed by atoms with Gasteiger partial charge in [-0.1, -0.05) is 97.1 Å². The third-order valence-corrected chi connectivity index (χ3v) is 6.69. The zero-order chi connectivity index (χ0) is 27.3. The summed E-state index contributed by atoms with van der Waals surface area (Å²) in [4.78, 5) is 25.2. The fraction of sp³-hybridized carbons (Fsp3) is 0. The second-order valence-electron chi connectivity index (χ2n) is 9.37. The molecule has 4 N–H and O–H groups in total. The number of anilines is 4. The van der Waals surface area contributed by atoms with Crippen LogP contribution in [-0.2, 0) is 0 Å². The van der Waals surface area contributed by atoms with Gasteiger partial charge in [0.05, 0.1) is 11.4 Å². The molecule has 0 atom stereocenters. The summed E-state index contributed by atoms with van der Waals surface area (Å²) < 4.78 is 0. The van der Waals surface area contributed by atoms with Gasteiger partial charge in [-0.25, -0.2) is 9.59 Å². The minimum Gasteiger partial charge on any atom is -0.308 e. The summed E-state index contributed by atoms with van der Waals surface area (Å²) in [6.07, 6.45) is 0. The smallest absolute Gasteiger partial charge is 0.308 e. The number of hydrogen-bond acceptors (Lipinski definition) is 2. The Kier molecular flexibility index (Phi) is 6.80. The molecule has 0 aromatic heterocycles. The van der Waals surface area contributed by atoms with Crippen LogP contribution in [0.2, 0.25) is 0 Å². The number of rotatable bonds is 5. The molecule has 0 radical (unpaired) electrons. The van der Waals surface area contributed by atoms with E-state index in [1.54, 1.807) is 0 Å². The molecule has 6 heteroatoms. The highest BCUT2D eigenvalue weighted by Crippen LogP contribution is 2.26. The highest BCUT2D eigenvalue weighted by atomic mass is 16.2. The highest BCUT2D eigenvalue weighted by molar-refractivity contribution is 6.07. The normalized spacial score (nSPS) is 10.7. The summed E-state index contributed by atoms with van der Waals surface area (Å²) >= 11 is 0. The fourth-order valence-corrected chi connectivity index (χ4v) is 4.73. The van der Waals surface area contributed by atoms with E-state index in [2.05, 4.69) is 21.3 Å². The number of benzene rings is 6. The Labute approximate surface area is 231 Å². The minimum absolute atomic E-state index is 0.304. The van der Waals surface area contributed by atoms with Gasteiger partial charge < -0.3 is 21.3 Å². The molecule has 0 bridgehead atoms. The van der Waals surface area contributed by atoms with Crippen LogP contribution in [0, 0.1) is 0 Å². The molecular formula is C34H26N4O2. The van der Waals surface area contributed by atoms with E-state index in [1.807, 2.05) is 133 Å². The van der Waals surface area contributed by atoms with Gasteiger partial charge in [0.2, 0.25) is 0 Å². The molecule has 4 amide bonds. The van der Waals surface area contributed by atoms with Crippen molar-refractivity contribution in [3.8, 4) is 11.1 Å². The Morgan fingerprint density at radius 2 is 0.750 bits per heavy atom. The van der Waals surface area contributed by atoms with Crippen molar-refractivity contribution >= 4 is 56.4 Å². The summed E-state index contributed by atoms with van der Waals surface area (Å²) in [6.45, 7) is 0. The van der Waals surface area contributed by atoms with Gasteiger partial charge >= 0.3 is 12.1 Å². The molecule has 0 saturated carbocycles. The van der Waals surface area contributed by atoms with Crippen molar-refractivity contribution < 1.29 is 9.59 Å². The van der Waals surface area contributed by atoms with Crippen LogP contribution in [0.5, 0.6) is 0 Å². The largest absolute Gasteiger partial charge is 0.323 e.